The van der Waals surface area contributed by atoms with E-state index in [9.17, 15) is 4.79 Å². The van der Waals surface area contributed by atoms with Crippen molar-refractivity contribution < 1.29 is 9.90 Å². The topological polar surface area (TPSA) is 63.3 Å². The van der Waals surface area contributed by atoms with Crippen LogP contribution < -0.4 is 5.73 Å². The number of carboxylic acids is 1. The van der Waals surface area contributed by atoms with Gasteiger partial charge >= 0.3 is 5.97 Å². The van der Waals surface area contributed by atoms with E-state index in [-0.39, 0.29) is 5.57 Å². The van der Waals surface area contributed by atoms with E-state index in [0.717, 1.165) is 5.56 Å². The van der Waals surface area contributed by atoms with Crippen LogP contribution in [0.2, 0.25) is 0 Å². The maximum atomic E-state index is 10.5. The second kappa shape index (κ2) is 3.87. The molecule has 0 fully saturated rings. The van der Waals surface area contributed by atoms with Gasteiger partial charge in [-0.1, -0.05) is 36.9 Å². The summed E-state index contributed by atoms with van der Waals surface area (Å²) in [5, 5.41) is 8.63. The van der Waals surface area contributed by atoms with E-state index in [0.29, 0.717) is 0 Å². The van der Waals surface area contributed by atoms with E-state index in [2.05, 4.69) is 6.58 Å². The molecule has 0 aromatic heterocycles. The van der Waals surface area contributed by atoms with Crippen molar-refractivity contribution in [3.05, 3.63) is 48.0 Å². The highest BCUT2D eigenvalue weighted by atomic mass is 16.4. The molecule has 1 aromatic rings. The van der Waals surface area contributed by atoms with Crippen molar-refractivity contribution in [3.8, 4) is 0 Å². The lowest BCUT2D eigenvalue weighted by atomic mass is 10.0. The molecule has 1 aromatic carbocycles. The van der Waals surface area contributed by atoms with E-state index in [1.807, 2.05) is 18.2 Å². The number of benzene rings is 1. The Morgan fingerprint density at radius 2 is 1.92 bits per heavy atom. The molecule has 0 aliphatic carbocycles. The van der Waals surface area contributed by atoms with E-state index < -0.39 is 12.0 Å². The molecule has 0 aliphatic heterocycles. The Bertz CT molecular complexity index is 319. The normalized spacial score (nSPS) is 12.1. The molecule has 0 aliphatic rings. The first-order valence-electron chi connectivity index (χ1n) is 3.85. The van der Waals surface area contributed by atoms with Crippen LogP contribution in [0.5, 0.6) is 0 Å². The van der Waals surface area contributed by atoms with Gasteiger partial charge in [-0.05, 0) is 5.56 Å². The predicted molar refractivity (Wildman–Crippen MR) is 50.1 cm³/mol. The summed E-state index contributed by atoms with van der Waals surface area (Å²) in [4.78, 5) is 10.5. The molecule has 0 spiro atoms. The van der Waals surface area contributed by atoms with Gasteiger partial charge in [0, 0.05) is 0 Å². The Kier molecular flexibility index (Phi) is 2.82. The first-order chi connectivity index (χ1) is 6.13. The number of rotatable bonds is 3. The minimum atomic E-state index is -1.06. The van der Waals surface area contributed by atoms with Gasteiger partial charge in [-0.3, -0.25) is 0 Å². The molecular formula is C10H11NO2. The zero-order valence-electron chi connectivity index (χ0n) is 7.10. The van der Waals surface area contributed by atoms with Crippen molar-refractivity contribution in [2.45, 2.75) is 6.04 Å². The predicted octanol–water partition coefficient (Wildman–Crippen LogP) is 1.33. The van der Waals surface area contributed by atoms with E-state index in [1.165, 1.54) is 0 Å². The lowest BCUT2D eigenvalue weighted by Crippen LogP contribution is -2.17. The summed E-state index contributed by atoms with van der Waals surface area (Å²) in [5.41, 5.74) is 6.42. The summed E-state index contributed by atoms with van der Waals surface area (Å²) in [5.74, 6) is -1.06. The molecule has 3 heteroatoms. The summed E-state index contributed by atoms with van der Waals surface area (Å²) >= 11 is 0. The lowest BCUT2D eigenvalue weighted by molar-refractivity contribution is -0.132. The Morgan fingerprint density at radius 1 is 1.38 bits per heavy atom. The molecule has 1 rings (SSSR count). The lowest BCUT2D eigenvalue weighted by Gasteiger charge is -2.10. The maximum absolute atomic E-state index is 10.5. The molecule has 0 amide bonds. The van der Waals surface area contributed by atoms with Gasteiger partial charge in [-0.15, -0.1) is 0 Å². The summed E-state index contributed by atoms with van der Waals surface area (Å²) < 4.78 is 0. The van der Waals surface area contributed by atoms with Crippen LogP contribution in [0.4, 0.5) is 0 Å². The summed E-state index contributed by atoms with van der Waals surface area (Å²) in [6, 6.07) is 8.39. The average Bonchev–Trinajstić information content (AvgIpc) is 2.17. The van der Waals surface area contributed by atoms with E-state index in [1.54, 1.807) is 12.1 Å². The molecule has 0 radical (unpaired) electrons. The Labute approximate surface area is 76.5 Å². The van der Waals surface area contributed by atoms with Crippen LogP contribution in [-0.2, 0) is 4.79 Å². The Morgan fingerprint density at radius 3 is 2.38 bits per heavy atom. The molecule has 1 atom stereocenters. The summed E-state index contributed by atoms with van der Waals surface area (Å²) in [7, 11) is 0. The van der Waals surface area contributed by atoms with Crippen LogP contribution in [0.15, 0.2) is 42.5 Å². The monoisotopic (exact) mass is 177 g/mol. The Balaban J connectivity index is 2.86. The average molecular weight is 177 g/mol. The first kappa shape index (κ1) is 9.48. The van der Waals surface area contributed by atoms with E-state index >= 15 is 0 Å². The number of hydrogen-bond acceptors (Lipinski definition) is 2. The smallest absolute Gasteiger partial charge is 0.332 e. The van der Waals surface area contributed by atoms with Crippen molar-refractivity contribution in [2.75, 3.05) is 0 Å². The Hall–Kier alpha value is -1.61. The highest BCUT2D eigenvalue weighted by molar-refractivity contribution is 5.87. The van der Waals surface area contributed by atoms with Crippen LogP contribution >= 0.6 is 0 Å². The van der Waals surface area contributed by atoms with Crippen LogP contribution in [-0.4, -0.2) is 11.1 Å². The highest BCUT2D eigenvalue weighted by Gasteiger charge is 2.14. The first-order valence-corrected chi connectivity index (χ1v) is 3.85. The number of hydrogen-bond donors (Lipinski definition) is 2. The number of aliphatic carboxylic acids is 1. The molecule has 0 saturated carbocycles. The third-order valence-corrected chi connectivity index (χ3v) is 1.81. The fourth-order valence-corrected chi connectivity index (χ4v) is 0.995. The molecule has 3 N–H and O–H groups in total. The number of carboxylic acid groups (broad SMARTS) is 1. The quantitative estimate of drug-likeness (QED) is 0.684. The van der Waals surface area contributed by atoms with Gasteiger partial charge in [0.15, 0.2) is 0 Å². The summed E-state index contributed by atoms with van der Waals surface area (Å²) in [6.07, 6.45) is 0. The summed E-state index contributed by atoms with van der Waals surface area (Å²) in [6.45, 7) is 3.41. The van der Waals surface area contributed by atoms with Crippen molar-refractivity contribution in [1.29, 1.82) is 0 Å². The second-order valence-electron chi connectivity index (χ2n) is 2.72. The van der Waals surface area contributed by atoms with Crippen molar-refractivity contribution >= 4 is 5.97 Å². The molecule has 3 nitrogen and oxygen atoms in total. The zero-order valence-corrected chi connectivity index (χ0v) is 7.10. The van der Waals surface area contributed by atoms with Crippen molar-refractivity contribution in [2.24, 2.45) is 5.73 Å². The van der Waals surface area contributed by atoms with Crippen LogP contribution in [0.25, 0.3) is 0 Å². The third-order valence-electron chi connectivity index (χ3n) is 1.81. The van der Waals surface area contributed by atoms with Crippen molar-refractivity contribution in [1.82, 2.24) is 0 Å². The zero-order chi connectivity index (χ0) is 9.84. The molecular weight excluding hydrogens is 166 g/mol. The largest absolute Gasteiger partial charge is 0.478 e. The van der Waals surface area contributed by atoms with Crippen LogP contribution in [0, 0.1) is 0 Å². The fourth-order valence-electron chi connectivity index (χ4n) is 0.995. The van der Waals surface area contributed by atoms with Gasteiger partial charge in [0.2, 0.25) is 0 Å². The fraction of sp³-hybridized carbons (Fsp3) is 0.100. The number of carbonyl (C=O) groups is 1. The molecule has 68 valence electrons. The molecule has 0 heterocycles. The molecule has 0 unspecified atom stereocenters. The van der Waals surface area contributed by atoms with Crippen molar-refractivity contribution in [3.63, 3.8) is 0 Å². The second-order valence-corrected chi connectivity index (χ2v) is 2.72. The highest BCUT2D eigenvalue weighted by Crippen LogP contribution is 2.16. The SMILES string of the molecule is C=C(C(=O)O)[C@@H](N)c1ccccc1. The van der Waals surface area contributed by atoms with Crippen LogP contribution in [0.3, 0.4) is 0 Å². The van der Waals surface area contributed by atoms with Gasteiger partial charge in [0.1, 0.15) is 0 Å². The van der Waals surface area contributed by atoms with Gasteiger partial charge in [0.25, 0.3) is 0 Å². The molecule has 0 bridgehead atoms. The third kappa shape index (κ3) is 2.16. The van der Waals surface area contributed by atoms with Gasteiger partial charge in [0.05, 0.1) is 11.6 Å². The standard InChI is InChI=1S/C10H11NO2/c1-7(10(12)13)9(11)8-5-3-2-4-6-8/h2-6,9H,1,11H2,(H,12,13)/t9-/m1/s1. The van der Waals surface area contributed by atoms with Crippen LogP contribution in [0.1, 0.15) is 11.6 Å². The minimum absolute atomic E-state index is 0.00574. The number of nitrogens with two attached hydrogens (primary N) is 1. The van der Waals surface area contributed by atoms with Gasteiger partial charge < -0.3 is 10.8 Å². The maximum Gasteiger partial charge on any atom is 0.332 e. The minimum Gasteiger partial charge on any atom is -0.478 e. The molecule has 13 heavy (non-hydrogen) atoms. The van der Waals surface area contributed by atoms with E-state index in [4.69, 9.17) is 10.8 Å². The molecule has 0 saturated heterocycles. The van der Waals surface area contributed by atoms with Gasteiger partial charge in [-0.25, -0.2) is 4.79 Å². The van der Waals surface area contributed by atoms with Gasteiger partial charge in [-0.2, -0.15) is 0 Å².